The van der Waals surface area contributed by atoms with Crippen molar-refractivity contribution in [2.24, 2.45) is 0 Å². The van der Waals surface area contributed by atoms with Gasteiger partial charge in [0.1, 0.15) is 0 Å². The molecule has 0 unspecified atom stereocenters. The van der Waals surface area contributed by atoms with Crippen molar-refractivity contribution < 1.29 is 0 Å². The van der Waals surface area contributed by atoms with E-state index in [1.54, 1.807) is 0 Å². The minimum Gasteiger partial charge on any atom is -0.0610 e. The molecule has 0 aliphatic carbocycles. The fourth-order valence-electron chi connectivity index (χ4n) is 13.5. The fourth-order valence-corrected chi connectivity index (χ4v) is 13.5. The highest BCUT2D eigenvalue weighted by Gasteiger charge is 2.33. The Hall–Kier alpha value is -7.28. The minimum absolute atomic E-state index is 1.32. The molecule has 0 radical (unpaired) electrons. The van der Waals surface area contributed by atoms with Gasteiger partial charge in [0.2, 0.25) is 0 Å². The highest BCUT2D eigenvalue weighted by molar-refractivity contribution is 6.64. The van der Waals surface area contributed by atoms with Gasteiger partial charge >= 0.3 is 0 Å². The summed E-state index contributed by atoms with van der Waals surface area (Å²) in [4.78, 5) is 0. The molecule has 0 fully saturated rings. The lowest BCUT2D eigenvalue weighted by atomic mass is 9.81. The second-order valence-electron chi connectivity index (χ2n) is 17.3. The van der Waals surface area contributed by atoms with Crippen LogP contribution < -0.4 is 0 Å². The van der Waals surface area contributed by atoms with Gasteiger partial charge in [-0.1, -0.05) is 109 Å². The number of hydrogen-bond acceptors (Lipinski definition) is 0. The Morgan fingerprint density at radius 1 is 0.143 bits per heavy atom. The van der Waals surface area contributed by atoms with Crippen LogP contribution in [0.25, 0.3) is 183 Å². The largest absolute Gasteiger partial charge is 0.0610 e. The van der Waals surface area contributed by atoms with Gasteiger partial charge in [0.25, 0.3) is 0 Å². The van der Waals surface area contributed by atoms with Gasteiger partial charge in [0.05, 0.1) is 0 Å². The van der Waals surface area contributed by atoms with E-state index in [0.29, 0.717) is 0 Å². The molecule has 18 aromatic rings. The van der Waals surface area contributed by atoms with E-state index < -0.39 is 0 Å². The quantitative estimate of drug-likeness (QED) is 0.109. The van der Waals surface area contributed by atoms with Crippen molar-refractivity contribution >= 4 is 183 Å². The first-order valence-electron chi connectivity index (χ1n) is 20.0. The molecule has 0 bridgehead atoms. The first kappa shape index (κ1) is 25.7. The van der Waals surface area contributed by atoms with Crippen molar-refractivity contribution in [2.75, 3.05) is 0 Å². The lowest BCUT2D eigenvalue weighted by Gasteiger charge is -2.20. The van der Waals surface area contributed by atoms with E-state index in [1.165, 1.54) is 183 Å². The molecule has 18 aromatic carbocycles. The van der Waals surface area contributed by atoms with E-state index in [1.807, 2.05) is 0 Å². The summed E-state index contributed by atoms with van der Waals surface area (Å²) in [6.45, 7) is 0. The predicted octanol–water partition coefficient (Wildman–Crippen LogP) is 16.2. The molecule has 0 amide bonds. The second kappa shape index (κ2) is 7.65. The fraction of sp³-hybridized carbons (Fsp3) is 0. The molecule has 0 heteroatoms. The number of benzene rings is 12. The lowest BCUT2D eigenvalue weighted by molar-refractivity contribution is 1.83. The van der Waals surface area contributed by atoms with Crippen LogP contribution in [0.1, 0.15) is 0 Å². The van der Waals surface area contributed by atoms with Crippen LogP contribution >= 0.6 is 0 Å². The van der Waals surface area contributed by atoms with Gasteiger partial charge in [-0.3, -0.25) is 0 Å². The van der Waals surface area contributed by atoms with Crippen molar-refractivity contribution in [2.45, 2.75) is 0 Å². The molecule has 0 nitrogen and oxygen atoms in total. The van der Waals surface area contributed by atoms with Gasteiger partial charge in [0, 0.05) is 0 Å². The second-order valence-corrected chi connectivity index (χ2v) is 17.3. The lowest BCUT2D eigenvalue weighted by Crippen LogP contribution is -1.92. The smallest absolute Gasteiger partial charge is 0.0000238 e. The van der Waals surface area contributed by atoms with Crippen molar-refractivity contribution in [3.63, 3.8) is 0 Å². The van der Waals surface area contributed by atoms with Gasteiger partial charge in [0.15, 0.2) is 0 Å². The number of hydrogen-bond donors (Lipinski definition) is 0. The summed E-state index contributed by atoms with van der Waals surface area (Å²) in [6, 6.07) is 52.9. The molecule has 0 saturated carbocycles. The normalized spacial score (nSPS) is 14.1. The van der Waals surface area contributed by atoms with E-state index in [9.17, 15) is 0 Å². The molecular weight excluding hydrogens is 673 g/mol. The Bertz CT molecular complexity index is 4770. The van der Waals surface area contributed by atoms with Crippen LogP contribution in [0.4, 0.5) is 0 Å². The maximum absolute atomic E-state index is 2.58. The van der Waals surface area contributed by atoms with Gasteiger partial charge in [-0.2, -0.15) is 0 Å². The molecule has 0 aliphatic heterocycles. The Morgan fingerprint density at radius 3 is 1.21 bits per heavy atom. The van der Waals surface area contributed by atoms with Crippen molar-refractivity contribution in [1.29, 1.82) is 0 Å². The maximum atomic E-state index is 2.58. The van der Waals surface area contributed by atoms with E-state index in [2.05, 4.69) is 133 Å². The molecule has 246 valence electrons. The maximum Gasteiger partial charge on any atom is -0.0000238 e. The Morgan fingerprint density at radius 2 is 0.464 bits per heavy atom. The van der Waals surface area contributed by atoms with Crippen molar-refractivity contribution in [1.82, 2.24) is 0 Å². The minimum atomic E-state index is 1.32. The van der Waals surface area contributed by atoms with Crippen LogP contribution in [-0.2, 0) is 0 Å². The van der Waals surface area contributed by atoms with E-state index in [4.69, 9.17) is 0 Å². The standard InChI is InChI=1S/C56H22/c1-3-23-9-14-31-22-36-46-35-17-15-24-10-12-29-19-30-13-11-25-7-8-26-16-18-34-45-33-6-2-5-28-21-32-20-27(4-1)37(23)42(31)44(32)49(36)51(39(28)33)54(46)53(45)56-48(35)50(38(24)29)52-43(30)40(25)41(26)47(34)55(52)56/h1-22H. The first-order valence-corrected chi connectivity index (χ1v) is 20.0. The van der Waals surface area contributed by atoms with Gasteiger partial charge in [-0.15, -0.1) is 0 Å². The van der Waals surface area contributed by atoms with E-state index in [0.717, 1.165) is 0 Å². The van der Waals surface area contributed by atoms with E-state index >= 15 is 0 Å². The third-order valence-corrected chi connectivity index (χ3v) is 15.2. The predicted molar refractivity (Wildman–Crippen MR) is 245 cm³/mol. The summed E-state index contributed by atoms with van der Waals surface area (Å²) >= 11 is 0. The Kier molecular flexibility index (Phi) is 3.51. The topological polar surface area (TPSA) is 0 Å². The summed E-state index contributed by atoms with van der Waals surface area (Å²) in [5, 5.41) is 47.8. The molecule has 56 heavy (non-hydrogen) atoms. The van der Waals surface area contributed by atoms with Crippen molar-refractivity contribution in [3.8, 4) is 0 Å². The molecule has 0 aromatic heterocycles. The average molecular weight is 695 g/mol. The summed E-state index contributed by atoms with van der Waals surface area (Å²) in [6.07, 6.45) is 0. The molecule has 0 saturated heterocycles. The zero-order valence-electron chi connectivity index (χ0n) is 29.7. The van der Waals surface area contributed by atoms with Gasteiger partial charge < -0.3 is 0 Å². The van der Waals surface area contributed by atoms with Crippen LogP contribution in [0.5, 0.6) is 0 Å². The zero-order chi connectivity index (χ0) is 35.2. The van der Waals surface area contributed by atoms with Gasteiger partial charge in [-0.25, -0.2) is 0 Å². The van der Waals surface area contributed by atoms with E-state index in [-0.39, 0.29) is 0 Å². The molecule has 0 aliphatic rings. The highest BCUT2D eigenvalue weighted by Crippen LogP contribution is 2.62. The average Bonchev–Trinajstić information content (AvgIpc) is 3.79. The summed E-state index contributed by atoms with van der Waals surface area (Å²) in [5.41, 5.74) is 0. The van der Waals surface area contributed by atoms with Crippen LogP contribution in [-0.4, -0.2) is 0 Å². The molecule has 18 rings (SSSR count). The Balaban J connectivity index is 1.33. The summed E-state index contributed by atoms with van der Waals surface area (Å²) < 4.78 is 0. The molecule has 0 heterocycles. The van der Waals surface area contributed by atoms with Crippen LogP contribution in [0.3, 0.4) is 0 Å². The molecular formula is C56H22. The highest BCUT2D eigenvalue weighted by atomic mass is 14.3. The summed E-state index contributed by atoms with van der Waals surface area (Å²) in [7, 11) is 0. The SMILES string of the molecule is c1cc2ccc3cc4c5c6ccc7ccc8cc9ccc%10ccc%11ccc%12c%13c%14cccc%15cc%16cc(c1)c2c3c%16c4c(c%15%14)c5c%13c1c6c(c78)c2c9c%10c%11c%12c21. The number of rotatable bonds is 0. The zero-order valence-corrected chi connectivity index (χ0v) is 29.7. The Labute approximate surface area is 315 Å². The third kappa shape index (κ3) is 2.29. The van der Waals surface area contributed by atoms with Crippen molar-refractivity contribution in [3.05, 3.63) is 133 Å². The number of fused-ring (bicyclic) bond motifs is 4. The summed E-state index contributed by atoms with van der Waals surface area (Å²) in [5.74, 6) is 0. The molecule has 0 atom stereocenters. The van der Waals surface area contributed by atoms with Crippen LogP contribution in [0, 0.1) is 0 Å². The third-order valence-electron chi connectivity index (χ3n) is 15.2. The van der Waals surface area contributed by atoms with Crippen LogP contribution in [0.15, 0.2) is 133 Å². The molecule has 0 N–H and O–H groups in total. The molecule has 0 spiro atoms. The van der Waals surface area contributed by atoms with Gasteiger partial charge in [-0.05, 0) is 207 Å². The van der Waals surface area contributed by atoms with Crippen LogP contribution in [0.2, 0.25) is 0 Å². The monoisotopic (exact) mass is 694 g/mol. The first-order chi connectivity index (χ1) is 27.8.